The molecule has 6 nitrogen and oxygen atoms in total. The van der Waals surface area contributed by atoms with E-state index in [0.29, 0.717) is 24.4 Å². The molecule has 0 aliphatic carbocycles. The summed E-state index contributed by atoms with van der Waals surface area (Å²) < 4.78 is 4.87. The fourth-order valence-electron chi connectivity index (χ4n) is 1.25. The van der Waals surface area contributed by atoms with Crippen molar-refractivity contribution in [3.63, 3.8) is 0 Å². The quantitative estimate of drug-likeness (QED) is 0.354. The molecule has 1 rings (SSSR count). The number of hydrogen-bond acceptors (Lipinski definition) is 3. The molecule has 0 atom stereocenters. The van der Waals surface area contributed by atoms with E-state index in [1.807, 2.05) is 0 Å². The van der Waals surface area contributed by atoms with Gasteiger partial charge in [0.15, 0.2) is 0 Å². The Hall–Kier alpha value is -2.04. The number of ether oxygens (including phenoxy) is 1. The lowest BCUT2D eigenvalue weighted by Gasteiger charge is -2.04. The first-order valence-corrected chi connectivity index (χ1v) is 5.20. The maximum absolute atomic E-state index is 11.6. The second-order valence-corrected chi connectivity index (χ2v) is 3.34. The van der Waals surface area contributed by atoms with Crippen molar-refractivity contribution >= 4 is 11.6 Å². The Balaban J connectivity index is 2.49. The summed E-state index contributed by atoms with van der Waals surface area (Å²) in [7, 11) is 1.62. The van der Waals surface area contributed by atoms with E-state index in [1.54, 1.807) is 31.4 Å². The Morgan fingerprint density at radius 2 is 2.18 bits per heavy atom. The summed E-state index contributed by atoms with van der Waals surface area (Å²) >= 11 is 0. The molecule has 90 valence electrons. The van der Waals surface area contributed by atoms with Gasteiger partial charge in [0.1, 0.15) is 0 Å². The van der Waals surface area contributed by atoms with Gasteiger partial charge in [0, 0.05) is 36.4 Å². The van der Waals surface area contributed by atoms with Gasteiger partial charge in [-0.1, -0.05) is 17.2 Å². The molecule has 0 saturated carbocycles. The maximum atomic E-state index is 11.6. The van der Waals surface area contributed by atoms with Crippen molar-refractivity contribution in [2.75, 3.05) is 20.3 Å². The van der Waals surface area contributed by atoms with Gasteiger partial charge in [0.2, 0.25) is 0 Å². The van der Waals surface area contributed by atoms with E-state index in [4.69, 9.17) is 10.3 Å². The predicted molar refractivity (Wildman–Crippen MR) is 64.1 cm³/mol. The van der Waals surface area contributed by atoms with Gasteiger partial charge in [-0.2, -0.15) is 0 Å². The summed E-state index contributed by atoms with van der Waals surface area (Å²) in [6, 6.07) is 6.44. The highest BCUT2D eigenvalue weighted by molar-refractivity contribution is 5.94. The first-order chi connectivity index (χ1) is 8.27. The molecule has 0 heterocycles. The number of nitrogens with zero attached hydrogens (tertiary/aromatic N) is 3. The van der Waals surface area contributed by atoms with Gasteiger partial charge in [-0.15, -0.1) is 0 Å². The van der Waals surface area contributed by atoms with Crippen molar-refractivity contribution in [1.82, 2.24) is 5.32 Å². The van der Waals surface area contributed by atoms with Crippen LogP contribution in [0.15, 0.2) is 29.4 Å². The standard InChI is InChI=1S/C11H14N4O2/c1-17-8-2-7-13-11(16)9-3-5-10(6-4-9)14-15-12/h3-6H,2,7-8H2,1H3,(H,13,16). The molecule has 0 fully saturated rings. The van der Waals surface area contributed by atoms with E-state index in [2.05, 4.69) is 15.3 Å². The zero-order valence-corrected chi connectivity index (χ0v) is 9.59. The predicted octanol–water partition coefficient (Wildman–Crippen LogP) is 2.39. The molecule has 0 saturated heterocycles. The molecule has 0 aliphatic heterocycles. The maximum Gasteiger partial charge on any atom is 0.251 e. The minimum Gasteiger partial charge on any atom is -0.385 e. The molecule has 1 N–H and O–H groups in total. The molecule has 0 spiro atoms. The lowest BCUT2D eigenvalue weighted by atomic mass is 10.2. The third-order valence-corrected chi connectivity index (χ3v) is 2.10. The first-order valence-electron chi connectivity index (χ1n) is 5.20. The smallest absolute Gasteiger partial charge is 0.251 e. The molecular formula is C11H14N4O2. The van der Waals surface area contributed by atoms with E-state index in [1.165, 1.54) is 0 Å². The Morgan fingerprint density at radius 1 is 1.47 bits per heavy atom. The van der Waals surface area contributed by atoms with Gasteiger partial charge in [-0.3, -0.25) is 4.79 Å². The van der Waals surface area contributed by atoms with Crippen LogP contribution in [0.2, 0.25) is 0 Å². The topological polar surface area (TPSA) is 87.1 Å². The van der Waals surface area contributed by atoms with Gasteiger partial charge < -0.3 is 10.1 Å². The van der Waals surface area contributed by atoms with Crippen molar-refractivity contribution in [3.8, 4) is 0 Å². The summed E-state index contributed by atoms with van der Waals surface area (Å²) in [5, 5.41) is 6.19. The minimum atomic E-state index is -0.145. The van der Waals surface area contributed by atoms with Gasteiger partial charge in [-0.05, 0) is 24.1 Å². The number of hydrogen-bond donors (Lipinski definition) is 1. The van der Waals surface area contributed by atoms with Crippen molar-refractivity contribution < 1.29 is 9.53 Å². The number of methoxy groups -OCH3 is 1. The van der Waals surface area contributed by atoms with Crippen LogP contribution in [-0.2, 0) is 4.74 Å². The zero-order chi connectivity index (χ0) is 12.5. The molecule has 1 amide bonds. The Kier molecular flexibility index (Phi) is 5.57. The Morgan fingerprint density at radius 3 is 2.76 bits per heavy atom. The number of nitrogens with one attached hydrogen (secondary N) is 1. The van der Waals surface area contributed by atoms with Crippen LogP contribution < -0.4 is 5.32 Å². The monoisotopic (exact) mass is 234 g/mol. The SMILES string of the molecule is COCCCNC(=O)c1ccc(N=[N+]=[N-])cc1. The van der Waals surface area contributed by atoms with E-state index in [0.717, 1.165) is 6.42 Å². The van der Waals surface area contributed by atoms with Crippen LogP contribution in [0.3, 0.4) is 0 Å². The summed E-state index contributed by atoms with van der Waals surface area (Å²) in [6.07, 6.45) is 0.777. The van der Waals surface area contributed by atoms with Crippen LogP contribution in [0.25, 0.3) is 10.4 Å². The van der Waals surface area contributed by atoms with E-state index >= 15 is 0 Å². The molecule has 17 heavy (non-hydrogen) atoms. The van der Waals surface area contributed by atoms with Gasteiger partial charge >= 0.3 is 0 Å². The summed E-state index contributed by atoms with van der Waals surface area (Å²) in [5.41, 5.74) is 9.26. The summed E-state index contributed by atoms with van der Waals surface area (Å²) in [6.45, 7) is 1.20. The lowest BCUT2D eigenvalue weighted by molar-refractivity contribution is 0.0948. The van der Waals surface area contributed by atoms with E-state index < -0.39 is 0 Å². The van der Waals surface area contributed by atoms with Gasteiger partial charge in [0.25, 0.3) is 5.91 Å². The number of rotatable bonds is 6. The molecule has 6 heteroatoms. The number of carbonyl (C=O) groups excluding carboxylic acids is 1. The van der Waals surface area contributed by atoms with Crippen molar-refractivity contribution in [2.24, 2.45) is 5.11 Å². The molecule has 0 bridgehead atoms. The minimum absolute atomic E-state index is 0.145. The third kappa shape index (κ3) is 4.55. The van der Waals surface area contributed by atoms with Crippen LogP contribution in [0.4, 0.5) is 5.69 Å². The number of azide groups is 1. The van der Waals surface area contributed by atoms with E-state index in [-0.39, 0.29) is 5.91 Å². The summed E-state index contributed by atoms with van der Waals surface area (Å²) in [5.74, 6) is -0.145. The Labute approximate surface area is 99.2 Å². The fraction of sp³-hybridized carbons (Fsp3) is 0.364. The van der Waals surface area contributed by atoms with Gasteiger partial charge in [0.05, 0.1) is 0 Å². The number of amides is 1. The molecule has 1 aromatic carbocycles. The molecule has 1 aromatic rings. The van der Waals surface area contributed by atoms with Crippen molar-refractivity contribution in [2.45, 2.75) is 6.42 Å². The Bertz CT molecular complexity index is 410. The molecule has 0 aliphatic rings. The molecule has 0 radical (unpaired) electrons. The average Bonchev–Trinajstić information content (AvgIpc) is 2.36. The van der Waals surface area contributed by atoms with Crippen LogP contribution in [0.5, 0.6) is 0 Å². The van der Waals surface area contributed by atoms with Crippen LogP contribution in [0, 0.1) is 0 Å². The van der Waals surface area contributed by atoms with Gasteiger partial charge in [-0.25, -0.2) is 0 Å². The highest BCUT2D eigenvalue weighted by Gasteiger charge is 2.03. The van der Waals surface area contributed by atoms with E-state index in [9.17, 15) is 4.79 Å². The lowest BCUT2D eigenvalue weighted by Crippen LogP contribution is -2.25. The number of carbonyl (C=O) groups is 1. The molecule has 0 aromatic heterocycles. The second-order valence-electron chi connectivity index (χ2n) is 3.34. The largest absolute Gasteiger partial charge is 0.385 e. The van der Waals surface area contributed by atoms with Crippen molar-refractivity contribution in [3.05, 3.63) is 40.3 Å². The second kappa shape index (κ2) is 7.27. The van der Waals surface area contributed by atoms with Crippen LogP contribution in [-0.4, -0.2) is 26.2 Å². The highest BCUT2D eigenvalue weighted by atomic mass is 16.5. The third-order valence-electron chi connectivity index (χ3n) is 2.10. The average molecular weight is 234 g/mol. The highest BCUT2D eigenvalue weighted by Crippen LogP contribution is 2.12. The summed E-state index contributed by atoms with van der Waals surface area (Å²) in [4.78, 5) is 14.3. The normalized spacial score (nSPS) is 9.47. The van der Waals surface area contributed by atoms with Crippen molar-refractivity contribution in [1.29, 1.82) is 0 Å². The fourth-order valence-corrected chi connectivity index (χ4v) is 1.25. The first kappa shape index (κ1) is 13.0. The van der Waals surface area contributed by atoms with Crippen LogP contribution >= 0.6 is 0 Å². The molecule has 0 unspecified atom stereocenters. The molecular weight excluding hydrogens is 220 g/mol. The zero-order valence-electron chi connectivity index (χ0n) is 9.59. The number of benzene rings is 1. The van der Waals surface area contributed by atoms with Crippen LogP contribution in [0.1, 0.15) is 16.8 Å².